The van der Waals surface area contributed by atoms with Crippen LogP contribution in [0.1, 0.15) is 11.1 Å². The van der Waals surface area contributed by atoms with Gasteiger partial charge < -0.3 is 9.47 Å². The number of para-hydroxylation sites is 1. The minimum Gasteiger partial charge on any atom is -0.493 e. The number of carbonyl (C=O) groups is 1. The van der Waals surface area contributed by atoms with Crippen molar-refractivity contribution in [3.63, 3.8) is 0 Å². The van der Waals surface area contributed by atoms with Gasteiger partial charge in [0.15, 0.2) is 11.5 Å². The Morgan fingerprint density at radius 3 is 2.82 bits per heavy atom. The number of hydrogen-bond donors (Lipinski definition) is 1. The van der Waals surface area contributed by atoms with Gasteiger partial charge in [0.2, 0.25) is 5.91 Å². The van der Waals surface area contributed by atoms with E-state index in [-0.39, 0.29) is 18.7 Å². The first kappa shape index (κ1) is 20.9. The molecular formula is C19H16BrN3O5. The topological polar surface area (TPSA) is 103 Å². The smallest absolute Gasteiger partial charge is 0.273 e. The van der Waals surface area contributed by atoms with E-state index in [9.17, 15) is 14.9 Å². The summed E-state index contributed by atoms with van der Waals surface area (Å²) in [5, 5.41) is 14.9. The first-order valence-electron chi connectivity index (χ1n) is 7.94. The second-order valence-corrected chi connectivity index (χ2v) is 6.23. The second kappa shape index (κ2) is 10.1. The third kappa shape index (κ3) is 5.56. The van der Waals surface area contributed by atoms with Gasteiger partial charge in [-0.05, 0) is 28.1 Å². The number of nitrogens with zero attached hydrogens (tertiary/aromatic N) is 2. The molecule has 0 radical (unpaired) electrons. The molecule has 0 saturated carbocycles. The minimum atomic E-state index is -0.529. The zero-order valence-corrected chi connectivity index (χ0v) is 16.4. The van der Waals surface area contributed by atoms with Crippen LogP contribution >= 0.6 is 15.9 Å². The Kier molecular flexibility index (Phi) is 7.54. The van der Waals surface area contributed by atoms with E-state index in [1.807, 2.05) is 0 Å². The van der Waals surface area contributed by atoms with Crippen LogP contribution in [0.5, 0.6) is 11.5 Å². The number of rotatable bonds is 8. The van der Waals surface area contributed by atoms with Crippen LogP contribution in [-0.2, 0) is 11.2 Å². The fraction of sp³-hybridized carbons (Fsp3) is 0.158. The lowest BCUT2D eigenvalue weighted by Crippen LogP contribution is -2.20. The van der Waals surface area contributed by atoms with Gasteiger partial charge in [-0.2, -0.15) is 5.10 Å². The van der Waals surface area contributed by atoms with Gasteiger partial charge in [-0.3, -0.25) is 14.9 Å². The first-order chi connectivity index (χ1) is 13.5. The monoisotopic (exact) mass is 445 g/mol. The fourth-order valence-corrected chi connectivity index (χ4v) is 2.69. The van der Waals surface area contributed by atoms with Crippen molar-refractivity contribution in [2.24, 2.45) is 5.10 Å². The van der Waals surface area contributed by atoms with Crippen LogP contribution in [0.4, 0.5) is 5.69 Å². The average molecular weight is 446 g/mol. The number of hydrazone groups is 1. The Bertz CT molecular complexity index is 953. The lowest BCUT2D eigenvalue weighted by atomic mass is 10.1. The number of nitrogens with one attached hydrogen (secondary N) is 1. The largest absolute Gasteiger partial charge is 0.493 e. The Morgan fingerprint density at radius 1 is 1.39 bits per heavy atom. The Morgan fingerprint density at radius 2 is 2.14 bits per heavy atom. The Balaban J connectivity index is 2.07. The third-order valence-corrected chi connectivity index (χ3v) is 4.21. The van der Waals surface area contributed by atoms with E-state index in [1.54, 1.807) is 24.3 Å². The molecule has 0 aromatic heterocycles. The van der Waals surface area contributed by atoms with E-state index in [2.05, 4.69) is 32.4 Å². The molecular weight excluding hydrogens is 430 g/mol. The molecule has 0 spiro atoms. The van der Waals surface area contributed by atoms with Crippen molar-refractivity contribution >= 4 is 33.7 Å². The lowest BCUT2D eigenvalue weighted by molar-refractivity contribution is -0.385. The van der Waals surface area contributed by atoms with Gasteiger partial charge in [-0.1, -0.05) is 24.1 Å². The number of nitro benzene ring substituents is 1. The zero-order valence-electron chi connectivity index (χ0n) is 14.8. The normalized spacial score (nSPS) is 10.3. The maximum Gasteiger partial charge on any atom is 0.273 e. The van der Waals surface area contributed by atoms with E-state index in [1.165, 1.54) is 25.5 Å². The van der Waals surface area contributed by atoms with Gasteiger partial charge in [-0.15, -0.1) is 6.42 Å². The SMILES string of the molecule is C#CCOc1cc(Br)c(/C=N/NC(=O)Cc2ccccc2[N+](=O)[O-])cc1OC. The molecule has 0 fully saturated rings. The standard InChI is InChI=1S/C19H16BrN3O5/c1-3-8-28-18-11-15(20)14(9-17(18)27-2)12-21-22-19(24)10-13-6-4-5-7-16(13)23(25)26/h1,4-7,9,11-12H,8,10H2,2H3,(H,22,24)/b21-12+. The van der Waals surface area contributed by atoms with Crippen LogP contribution in [0.15, 0.2) is 46.0 Å². The lowest BCUT2D eigenvalue weighted by Gasteiger charge is -2.10. The summed E-state index contributed by atoms with van der Waals surface area (Å²) in [5.41, 5.74) is 3.16. The quantitative estimate of drug-likeness (QED) is 0.291. The van der Waals surface area contributed by atoms with Crippen molar-refractivity contribution in [1.82, 2.24) is 5.43 Å². The van der Waals surface area contributed by atoms with Crippen molar-refractivity contribution < 1.29 is 19.2 Å². The van der Waals surface area contributed by atoms with Crippen LogP contribution in [0.2, 0.25) is 0 Å². The summed E-state index contributed by atoms with van der Waals surface area (Å²) in [6.07, 6.45) is 6.43. The molecule has 0 aliphatic carbocycles. The molecule has 2 aromatic rings. The number of nitro groups is 1. The predicted molar refractivity (Wildman–Crippen MR) is 108 cm³/mol. The number of terminal acetylenes is 1. The molecule has 0 atom stereocenters. The third-order valence-electron chi connectivity index (χ3n) is 3.53. The molecule has 9 heteroatoms. The highest BCUT2D eigenvalue weighted by Crippen LogP contribution is 2.32. The summed E-state index contributed by atoms with van der Waals surface area (Å²) in [5.74, 6) is 2.80. The molecule has 28 heavy (non-hydrogen) atoms. The van der Waals surface area contributed by atoms with E-state index in [0.29, 0.717) is 27.1 Å². The molecule has 2 aromatic carbocycles. The average Bonchev–Trinajstić information content (AvgIpc) is 2.67. The van der Waals surface area contributed by atoms with Crippen molar-refractivity contribution in [1.29, 1.82) is 0 Å². The van der Waals surface area contributed by atoms with E-state index in [4.69, 9.17) is 15.9 Å². The number of ether oxygens (including phenoxy) is 2. The molecule has 0 heterocycles. The molecule has 8 nitrogen and oxygen atoms in total. The first-order valence-corrected chi connectivity index (χ1v) is 8.73. The highest BCUT2D eigenvalue weighted by atomic mass is 79.9. The van der Waals surface area contributed by atoms with Gasteiger partial charge in [0, 0.05) is 21.7 Å². The van der Waals surface area contributed by atoms with E-state index in [0.717, 1.165) is 0 Å². The van der Waals surface area contributed by atoms with Crippen LogP contribution < -0.4 is 14.9 Å². The van der Waals surface area contributed by atoms with Crippen LogP contribution in [0.3, 0.4) is 0 Å². The molecule has 0 aliphatic rings. The van der Waals surface area contributed by atoms with E-state index < -0.39 is 10.8 Å². The van der Waals surface area contributed by atoms with Crippen molar-refractivity contribution in [2.45, 2.75) is 6.42 Å². The highest BCUT2D eigenvalue weighted by Gasteiger charge is 2.15. The number of amides is 1. The van der Waals surface area contributed by atoms with Crippen molar-refractivity contribution in [2.75, 3.05) is 13.7 Å². The van der Waals surface area contributed by atoms with Gasteiger partial charge in [-0.25, -0.2) is 5.43 Å². The number of halogens is 1. The number of benzene rings is 2. The van der Waals surface area contributed by atoms with Gasteiger partial charge in [0.25, 0.3) is 5.69 Å². The van der Waals surface area contributed by atoms with Crippen molar-refractivity contribution in [3.05, 3.63) is 62.1 Å². The van der Waals surface area contributed by atoms with Crippen LogP contribution in [-0.4, -0.2) is 30.8 Å². The number of hydrogen-bond acceptors (Lipinski definition) is 6. The van der Waals surface area contributed by atoms with Gasteiger partial charge >= 0.3 is 0 Å². The molecule has 0 saturated heterocycles. The summed E-state index contributed by atoms with van der Waals surface area (Å²) >= 11 is 3.38. The van der Waals surface area contributed by atoms with Gasteiger partial charge in [0.05, 0.1) is 24.7 Å². The zero-order chi connectivity index (χ0) is 20.5. The second-order valence-electron chi connectivity index (χ2n) is 5.37. The van der Waals surface area contributed by atoms with Crippen LogP contribution in [0.25, 0.3) is 0 Å². The number of carbonyl (C=O) groups excluding carboxylic acids is 1. The molecule has 0 bridgehead atoms. The fourth-order valence-electron chi connectivity index (χ4n) is 2.27. The molecule has 0 aliphatic heterocycles. The number of methoxy groups -OCH3 is 1. The Labute approximate surface area is 169 Å². The maximum atomic E-state index is 12.0. The summed E-state index contributed by atoms with van der Waals surface area (Å²) in [4.78, 5) is 22.5. The molecule has 2 rings (SSSR count). The molecule has 0 unspecified atom stereocenters. The Hall–Kier alpha value is -3.38. The summed E-state index contributed by atoms with van der Waals surface area (Å²) in [7, 11) is 1.49. The maximum absolute atomic E-state index is 12.0. The van der Waals surface area contributed by atoms with E-state index >= 15 is 0 Å². The van der Waals surface area contributed by atoms with Crippen LogP contribution in [0, 0.1) is 22.5 Å². The predicted octanol–water partition coefficient (Wildman–Crippen LogP) is 3.07. The minimum absolute atomic E-state index is 0.0952. The molecule has 1 N–H and O–H groups in total. The summed E-state index contributed by atoms with van der Waals surface area (Å²) in [6, 6.07) is 9.38. The summed E-state index contributed by atoms with van der Waals surface area (Å²) < 4.78 is 11.3. The van der Waals surface area contributed by atoms with Crippen molar-refractivity contribution in [3.8, 4) is 23.8 Å². The van der Waals surface area contributed by atoms with Gasteiger partial charge in [0.1, 0.15) is 6.61 Å². The molecule has 1 amide bonds. The highest BCUT2D eigenvalue weighted by molar-refractivity contribution is 9.10. The summed E-state index contributed by atoms with van der Waals surface area (Å²) in [6.45, 7) is 0.0952. The molecule has 144 valence electrons.